The van der Waals surface area contributed by atoms with Gasteiger partial charge in [0, 0.05) is 43.9 Å². The van der Waals surface area contributed by atoms with E-state index in [0.717, 1.165) is 56.1 Å². The molecule has 0 spiro atoms. The number of imidazole rings is 1. The van der Waals surface area contributed by atoms with E-state index in [0.29, 0.717) is 18.9 Å². The molecule has 0 unspecified atom stereocenters. The molecule has 2 saturated heterocycles. The number of hydrogen-bond acceptors (Lipinski definition) is 8. The number of anilines is 2. The van der Waals surface area contributed by atoms with Crippen molar-refractivity contribution in [2.24, 2.45) is 5.73 Å². The molecule has 37 heavy (non-hydrogen) atoms. The highest BCUT2D eigenvalue weighted by molar-refractivity contribution is 6.01. The van der Waals surface area contributed by atoms with Gasteiger partial charge in [0.1, 0.15) is 35.1 Å². The molecule has 196 valence electrons. The quantitative estimate of drug-likeness (QED) is 0.448. The van der Waals surface area contributed by atoms with Gasteiger partial charge in [-0.25, -0.2) is 15.0 Å². The van der Waals surface area contributed by atoms with Crippen LogP contribution in [-0.4, -0.2) is 69.7 Å². The highest BCUT2D eigenvalue weighted by atomic mass is 19.3. The molecular formula is C25H30F2N8O2. The number of carbonyl (C=O) groups is 1. The van der Waals surface area contributed by atoms with E-state index in [1.54, 1.807) is 12.1 Å². The SMILES string of the molecule is NC(=O)c1c(N)ncnc1N1CCC(c2nc(-c3ccc(OC(F)F)cc3)cn2CCN2CCC2)CC1. The number of carbonyl (C=O) groups excluding carboxylic acids is 1. The summed E-state index contributed by atoms with van der Waals surface area (Å²) < 4.78 is 31.7. The van der Waals surface area contributed by atoms with Crippen molar-refractivity contribution in [3.05, 3.63) is 48.2 Å². The molecule has 1 aromatic carbocycles. The number of nitrogens with zero attached hydrogens (tertiary/aromatic N) is 6. The van der Waals surface area contributed by atoms with Gasteiger partial charge in [-0.05, 0) is 56.6 Å². The molecule has 3 aromatic rings. The van der Waals surface area contributed by atoms with E-state index in [1.165, 1.54) is 24.9 Å². The Labute approximate surface area is 213 Å². The molecule has 0 radical (unpaired) electrons. The van der Waals surface area contributed by atoms with E-state index in [4.69, 9.17) is 16.5 Å². The summed E-state index contributed by atoms with van der Waals surface area (Å²) in [7, 11) is 0. The molecule has 4 N–H and O–H groups in total. The van der Waals surface area contributed by atoms with Crippen LogP contribution in [0.15, 0.2) is 36.8 Å². The zero-order valence-corrected chi connectivity index (χ0v) is 20.4. The van der Waals surface area contributed by atoms with Crippen LogP contribution < -0.4 is 21.1 Å². The van der Waals surface area contributed by atoms with Crippen LogP contribution in [0, 0.1) is 0 Å². The normalized spacial score (nSPS) is 16.7. The fourth-order valence-corrected chi connectivity index (χ4v) is 4.95. The lowest BCUT2D eigenvalue weighted by atomic mass is 9.95. The number of nitrogens with two attached hydrogens (primary N) is 2. The fraction of sp³-hybridized carbons (Fsp3) is 0.440. The smallest absolute Gasteiger partial charge is 0.387 e. The molecule has 4 heterocycles. The summed E-state index contributed by atoms with van der Waals surface area (Å²) in [6, 6.07) is 6.55. The van der Waals surface area contributed by atoms with Gasteiger partial charge >= 0.3 is 6.61 Å². The third-order valence-electron chi connectivity index (χ3n) is 7.05. The summed E-state index contributed by atoms with van der Waals surface area (Å²) in [6.07, 6.45) is 6.23. The predicted molar refractivity (Wildman–Crippen MR) is 135 cm³/mol. The summed E-state index contributed by atoms with van der Waals surface area (Å²) in [5.74, 6) is 1.22. The number of primary amides is 1. The number of nitrogen functional groups attached to an aromatic ring is 1. The maximum atomic E-state index is 12.5. The Morgan fingerprint density at radius 1 is 1.08 bits per heavy atom. The van der Waals surface area contributed by atoms with Crippen LogP contribution >= 0.6 is 0 Å². The van der Waals surface area contributed by atoms with Crippen molar-refractivity contribution in [2.45, 2.75) is 38.3 Å². The average molecular weight is 513 g/mol. The molecular weight excluding hydrogens is 482 g/mol. The van der Waals surface area contributed by atoms with Crippen molar-refractivity contribution in [2.75, 3.05) is 43.4 Å². The molecule has 2 aliphatic rings. The van der Waals surface area contributed by atoms with Crippen molar-refractivity contribution >= 4 is 17.5 Å². The van der Waals surface area contributed by atoms with Crippen molar-refractivity contribution in [3.63, 3.8) is 0 Å². The van der Waals surface area contributed by atoms with Crippen LogP contribution in [0.4, 0.5) is 20.4 Å². The second-order valence-electron chi connectivity index (χ2n) is 9.36. The predicted octanol–water partition coefficient (Wildman–Crippen LogP) is 2.71. The van der Waals surface area contributed by atoms with Crippen LogP contribution in [0.25, 0.3) is 11.3 Å². The summed E-state index contributed by atoms with van der Waals surface area (Å²) in [5, 5.41) is 0. The lowest BCUT2D eigenvalue weighted by Crippen LogP contribution is -2.39. The zero-order chi connectivity index (χ0) is 25.9. The highest BCUT2D eigenvalue weighted by Gasteiger charge is 2.29. The summed E-state index contributed by atoms with van der Waals surface area (Å²) in [6.45, 7) is 2.47. The monoisotopic (exact) mass is 512 g/mol. The van der Waals surface area contributed by atoms with Gasteiger partial charge in [0.25, 0.3) is 5.91 Å². The minimum atomic E-state index is -2.86. The first-order valence-corrected chi connectivity index (χ1v) is 12.4. The van der Waals surface area contributed by atoms with Gasteiger partial charge in [0.2, 0.25) is 0 Å². The lowest BCUT2D eigenvalue weighted by Gasteiger charge is -2.34. The Balaban J connectivity index is 1.35. The van der Waals surface area contributed by atoms with Crippen LogP contribution in [0.1, 0.15) is 41.4 Å². The van der Waals surface area contributed by atoms with Crippen LogP contribution in [0.2, 0.25) is 0 Å². The Morgan fingerprint density at radius 2 is 1.81 bits per heavy atom. The van der Waals surface area contributed by atoms with Crippen molar-refractivity contribution in [1.29, 1.82) is 0 Å². The van der Waals surface area contributed by atoms with E-state index in [1.807, 2.05) is 11.1 Å². The minimum Gasteiger partial charge on any atom is -0.435 e. The topological polar surface area (TPSA) is 128 Å². The molecule has 2 aromatic heterocycles. The average Bonchev–Trinajstić information content (AvgIpc) is 3.27. The second-order valence-corrected chi connectivity index (χ2v) is 9.36. The van der Waals surface area contributed by atoms with Crippen LogP contribution in [-0.2, 0) is 6.54 Å². The molecule has 0 bridgehead atoms. The molecule has 0 saturated carbocycles. The first kappa shape index (κ1) is 24.9. The number of hydrogen-bond donors (Lipinski definition) is 2. The fourth-order valence-electron chi connectivity index (χ4n) is 4.95. The largest absolute Gasteiger partial charge is 0.435 e. The summed E-state index contributed by atoms with van der Waals surface area (Å²) in [5.41, 5.74) is 13.2. The molecule has 0 atom stereocenters. The standard InChI is InChI=1S/C25H30F2N8O2/c26-25(27)37-18-4-2-16(3-5-18)19-14-35(13-12-33-8-1-9-33)23(32-19)17-6-10-34(11-7-17)24-20(22(29)36)21(28)30-15-31-24/h2-5,14-15,17,25H,1,6-13H2,(H2,29,36)(H2,28,30,31). The number of benzene rings is 1. The van der Waals surface area contributed by atoms with Crippen molar-refractivity contribution < 1.29 is 18.3 Å². The molecule has 12 heteroatoms. The number of ether oxygens (including phenoxy) is 1. The molecule has 2 fully saturated rings. The van der Waals surface area contributed by atoms with E-state index in [9.17, 15) is 13.6 Å². The highest BCUT2D eigenvalue weighted by Crippen LogP contribution is 2.33. The van der Waals surface area contributed by atoms with Gasteiger partial charge in [0.15, 0.2) is 0 Å². The summed E-state index contributed by atoms with van der Waals surface area (Å²) >= 11 is 0. The Kier molecular flexibility index (Phi) is 7.17. The van der Waals surface area contributed by atoms with Crippen LogP contribution in [0.5, 0.6) is 5.75 Å². The number of halogens is 2. The number of alkyl halides is 2. The molecule has 10 nitrogen and oxygen atoms in total. The third kappa shape index (κ3) is 5.48. The molecule has 2 aliphatic heterocycles. The number of aromatic nitrogens is 4. The van der Waals surface area contributed by atoms with Gasteiger partial charge in [0.05, 0.1) is 5.69 Å². The van der Waals surface area contributed by atoms with E-state index in [2.05, 4.69) is 24.2 Å². The van der Waals surface area contributed by atoms with E-state index in [-0.39, 0.29) is 23.0 Å². The van der Waals surface area contributed by atoms with Gasteiger partial charge in [-0.1, -0.05) is 0 Å². The molecule has 5 rings (SSSR count). The molecule has 0 aliphatic carbocycles. The van der Waals surface area contributed by atoms with E-state index >= 15 is 0 Å². The lowest BCUT2D eigenvalue weighted by molar-refractivity contribution is -0.0498. The van der Waals surface area contributed by atoms with Gasteiger partial charge < -0.3 is 30.6 Å². The van der Waals surface area contributed by atoms with Crippen molar-refractivity contribution in [1.82, 2.24) is 24.4 Å². The minimum absolute atomic E-state index is 0.0794. The first-order chi connectivity index (χ1) is 17.9. The maximum Gasteiger partial charge on any atom is 0.387 e. The van der Waals surface area contributed by atoms with Gasteiger partial charge in [-0.2, -0.15) is 8.78 Å². The van der Waals surface area contributed by atoms with E-state index < -0.39 is 12.5 Å². The van der Waals surface area contributed by atoms with Crippen LogP contribution in [0.3, 0.4) is 0 Å². The third-order valence-corrected chi connectivity index (χ3v) is 7.05. The van der Waals surface area contributed by atoms with Crippen molar-refractivity contribution in [3.8, 4) is 17.0 Å². The Morgan fingerprint density at radius 3 is 2.43 bits per heavy atom. The number of piperidine rings is 1. The zero-order valence-electron chi connectivity index (χ0n) is 20.4. The summed E-state index contributed by atoms with van der Waals surface area (Å²) in [4.78, 5) is 29.6. The first-order valence-electron chi connectivity index (χ1n) is 12.4. The maximum absolute atomic E-state index is 12.5. The number of amides is 1. The number of rotatable bonds is 9. The van der Waals surface area contributed by atoms with Gasteiger partial charge in [-0.15, -0.1) is 0 Å². The number of likely N-dealkylation sites (tertiary alicyclic amines) is 1. The van der Waals surface area contributed by atoms with Gasteiger partial charge in [-0.3, -0.25) is 4.79 Å². The molecule has 1 amide bonds. The Hall–Kier alpha value is -3.80. The second kappa shape index (κ2) is 10.7. The Bertz CT molecular complexity index is 1240.